The lowest BCUT2D eigenvalue weighted by Gasteiger charge is -2.09. The molecule has 0 fully saturated rings. The van der Waals surface area contributed by atoms with Gasteiger partial charge in [0.2, 0.25) is 5.91 Å². The molecule has 0 aliphatic rings. The number of rotatable bonds is 5. The van der Waals surface area contributed by atoms with Gasteiger partial charge < -0.3 is 15.8 Å². The predicted octanol–water partition coefficient (Wildman–Crippen LogP) is 1.28. The maximum Gasteiger partial charge on any atom is 0.296 e. The number of hydrogen-bond acceptors (Lipinski definition) is 5. The third-order valence-corrected chi connectivity index (χ3v) is 2.15. The molecule has 1 aromatic carbocycles. The van der Waals surface area contributed by atoms with Gasteiger partial charge in [0.05, 0.1) is 23.6 Å². The summed E-state index contributed by atoms with van der Waals surface area (Å²) < 4.78 is 5.16. The predicted molar refractivity (Wildman–Crippen MR) is 66.5 cm³/mol. The average molecular weight is 253 g/mol. The Balaban J connectivity index is 3.04. The summed E-state index contributed by atoms with van der Waals surface area (Å²) in [5.74, 6) is -0.106. The van der Waals surface area contributed by atoms with Crippen LogP contribution >= 0.6 is 0 Å². The first kappa shape index (κ1) is 13.9. The van der Waals surface area contributed by atoms with Crippen molar-refractivity contribution in [3.63, 3.8) is 0 Å². The molecule has 1 rings (SSSR count). The van der Waals surface area contributed by atoms with E-state index in [9.17, 15) is 14.9 Å². The number of nitrogens with zero attached hydrogens (tertiary/aromatic N) is 1. The molecule has 0 heterocycles. The third kappa shape index (κ3) is 3.42. The van der Waals surface area contributed by atoms with Crippen molar-refractivity contribution in [1.29, 1.82) is 0 Å². The first-order chi connectivity index (χ1) is 8.45. The molecule has 18 heavy (non-hydrogen) atoms. The highest BCUT2D eigenvalue weighted by atomic mass is 16.6. The number of nitrogens with two attached hydrogens (primary N) is 1. The highest BCUT2D eigenvalue weighted by Crippen LogP contribution is 2.29. The molecule has 0 aliphatic carbocycles. The monoisotopic (exact) mass is 253 g/mol. The van der Waals surface area contributed by atoms with Crippen LogP contribution in [0.25, 0.3) is 0 Å². The van der Waals surface area contributed by atoms with Crippen LogP contribution in [0.4, 0.5) is 11.4 Å². The summed E-state index contributed by atoms with van der Waals surface area (Å²) in [5, 5.41) is 13.3. The van der Waals surface area contributed by atoms with Crippen molar-refractivity contribution in [3.8, 4) is 5.75 Å². The standard InChI is InChI=1S/C11H15N3O4/c1-3-18-8-4-5-9(10(6-8)14(16)17)13-11(15)7(2)12/h4-7H,3,12H2,1-2H3,(H,13,15)/t7-/m0/s1. The lowest BCUT2D eigenvalue weighted by Crippen LogP contribution is -2.32. The second-order valence-corrected chi connectivity index (χ2v) is 3.65. The molecular formula is C11H15N3O4. The Morgan fingerprint density at radius 2 is 2.28 bits per heavy atom. The molecule has 0 aromatic heterocycles. The van der Waals surface area contributed by atoms with Crippen LogP contribution in [0.1, 0.15) is 13.8 Å². The van der Waals surface area contributed by atoms with Crippen molar-refractivity contribution in [2.24, 2.45) is 5.73 Å². The molecule has 98 valence electrons. The lowest BCUT2D eigenvalue weighted by molar-refractivity contribution is -0.384. The van der Waals surface area contributed by atoms with Gasteiger partial charge >= 0.3 is 0 Å². The number of benzene rings is 1. The van der Waals surface area contributed by atoms with Crippen molar-refractivity contribution in [2.45, 2.75) is 19.9 Å². The van der Waals surface area contributed by atoms with E-state index in [2.05, 4.69) is 5.32 Å². The summed E-state index contributed by atoms with van der Waals surface area (Å²) >= 11 is 0. The summed E-state index contributed by atoms with van der Waals surface area (Å²) in [7, 11) is 0. The van der Waals surface area contributed by atoms with E-state index >= 15 is 0 Å². The van der Waals surface area contributed by atoms with Crippen LogP contribution in [0.3, 0.4) is 0 Å². The van der Waals surface area contributed by atoms with E-state index in [1.165, 1.54) is 19.1 Å². The molecule has 0 aliphatic heterocycles. The van der Waals surface area contributed by atoms with E-state index in [1.807, 2.05) is 0 Å². The Labute approximate surface area is 104 Å². The van der Waals surface area contributed by atoms with Gasteiger partial charge in [0, 0.05) is 0 Å². The summed E-state index contributed by atoms with van der Waals surface area (Å²) in [5.41, 5.74) is 5.26. The summed E-state index contributed by atoms with van der Waals surface area (Å²) in [4.78, 5) is 21.7. The number of hydrogen-bond donors (Lipinski definition) is 2. The smallest absolute Gasteiger partial charge is 0.296 e. The maximum atomic E-state index is 11.4. The molecule has 0 spiro atoms. The van der Waals surface area contributed by atoms with Gasteiger partial charge in [0.1, 0.15) is 11.4 Å². The fraction of sp³-hybridized carbons (Fsp3) is 0.364. The minimum atomic E-state index is -0.740. The molecule has 0 saturated carbocycles. The number of anilines is 1. The summed E-state index contributed by atoms with van der Waals surface area (Å²) in [6.07, 6.45) is 0. The first-order valence-electron chi connectivity index (χ1n) is 5.43. The van der Waals surface area contributed by atoms with E-state index in [0.29, 0.717) is 12.4 Å². The topological polar surface area (TPSA) is 107 Å². The molecule has 1 atom stereocenters. The number of amides is 1. The molecule has 0 radical (unpaired) electrons. The van der Waals surface area contributed by atoms with Gasteiger partial charge in [-0.05, 0) is 26.0 Å². The minimum absolute atomic E-state index is 0.103. The number of nitro groups is 1. The summed E-state index contributed by atoms with van der Waals surface area (Å²) in [6, 6.07) is 3.49. The molecule has 0 unspecified atom stereocenters. The van der Waals surface area contributed by atoms with Crippen LogP contribution in [0.2, 0.25) is 0 Å². The fourth-order valence-corrected chi connectivity index (χ4v) is 1.27. The molecule has 7 nitrogen and oxygen atoms in total. The molecule has 3 N–H and O–H groups in total. The van der Waals surface area contributed by atoms with E-state index in [0.717, 1.165) is 0 Å². The van der Waals surface area contributed by atoms with Crippen LogP contribution in [0, 0.1) is 10.1 Å². The molecular weight excluding hydrogens is 238 g/mol. The number of carbonyl (C=O) groups excluding carboxylic acids is 1. The van der Waals surface area contributed by atoms with E-state index in [-0.39, 0.29) is 11.4 Å². The van der Waals surface area contributed by atoms with Crippen LogP contribution in [0.5, 0.6) is 5.75 Å². The summed E-state index contributed by atoms with van der Waals surface area (Å²) in [6.45, 7) is 3.68. The van der Waals surface area contributed by atoms with Crippen molar-refractivity contribution >= 4 is 17.3 Å². The zero-order valence-corrected chi connectivity index (χ0v) is 10.2. The molecule has 7 heteroatoms. The lowest BCUT2D eigenvalue weighted by atomic mass is 10.2. The van der Waals surface area contributed by atoms with Crippen LogP contribution in [0.15, 0.2) is 18.2 Å². The maximum absolute atomic E-state index is 11.4. The van der Waals surface area contributed by atoms with Gasteiger partial charge in [-0.15, -0.1) is 0 Å². The Morgan fingerprint density at radius 3 is 2.78 bits per heavy atom. The molecule has 1 amide bonds. The van der Waals surface area contributed by atoms with Crippen LogP contribution < -0.4 is 15.8 Å². The van der Waals surface area contributed by atoms with Crippen molar-refractivity contribution in [1.82, 2.24) is 0 Å². The van der Waals surface area contributed by atoms with Crippen LogP contribution in [-0.4, -0.2) is 23.5 Å². The average Bonchev–Trinajstić information content (AvgIpc) is 2.30. The minimum Gasteiger partial charge on any atom is -0.494 e. The van der Waals surface area contributed by atoms with Gasteiger partial charge in [-0.1, -0.05) is 0 Å². The largest absolute Gasteiger partial charge is 0.494 e. The fourth-order valence-electron chi connectivity index (χ4n) is 1.27. The van der Waals surface area contributed by atoms with E-state index in [1.54, 1.807) is 13.0 Å². The third-order valence-electron chi connectivity index (χ3n) is 2.15. The zero-order valence-electron chi connectivity index (χ0n) is 10.2. The molecule has 0 saturated heterocycles. The zero-order chi connectivity index (χ0) is 13.7. The number of ether oxygens (including phenoxy) is 1. The highest BCUT2D eigenvalue weighted by molar-refractivity contribution is 5.96. The molecule has 0 bridgehead atoms. The second kappa shape index (κ2) is 5.97. The van der Waals surface area contributed by atoms with Crippen LogP contribution in [-0.2, 0) is 4.79 Å². The Bertz CT molecular complexity index is 460. The van der Waals surface area contributed by atoms with Crippen molar-refractivity contribution < 1.29 is 14.5 Å². The number of nitrogens with one attached hydrogen (secondary N) is 1. The Morgan fingerprint density at radius 1 is 1.61 bits per heavy atom. The van der Waals surface area contributed by atoms with Gasteiger partial charge in [-0.2, -0.15) is 0 Å². The van der Waals surface area contributed by atoms with Gasteiger partial charge in [-0.25, -0.2) is 0 Å². The SMILES string of the molecule is CCOc1ccc(NC(=O)[C@H](C)N)c([N+](=O)[O-])c1. The van der Waals surface area contributed by atoms with Gasteiger partial charge in [0.25, 0.3) is 5.69 Å². The quantitative estimate of drug-likeness (QED) is 0.607. The van der Waals surface area contributed by atoms with E-state index < -0.39 is 16.9 Å². The van der Waals surface area contributed by atoms with Crippen molar-refractivity contribution in [3.05, 3.63) is 28.3 Å². The van der Waals surface area contributed by atoms with E-state index in [4.69, 9.17) is 10.5 Å². The van der Waals surface area contributed by atoms with Gasteiger partial charge in [-0.3, -0.25) is 14.9 Å². The van der Waals surface area contributed by atoms with Gasteiger partial charge in [0.15, 0.2) is 0 Å². The Hall–Kier alpha value is -2.15. The highest BCUT2D eigenvalue weighted by Gasteiger charge is 2.18. The normalized spacial score (nSPS) is 11.7. The first-order valence-corrected chi connectivity index (χ1v) is 5.43. The van der Waals surface area contributed by atoms with Crippen molar-refractivity contribution in [2.75, 3.05) is 11.9 Å². The molecule has 1 aromatic rings. The second-order valence-electron chi connectivity index (χ2n) is 3.65. The number of nitro benzene ring substituents is 1. The Kier molecular flexibility index (Phi) is 4.61. The number of carbonyl (C=O) groups is 1.